The summed E-state index contributed by atoms with van der Waals surface area (Å²) in [6, 6.07) is 11.8. The molecule has 2 aromatic carbocycles. The fourth-order valence-electron chi connectivity index (χ4n) is 2.11. The predicted molar refractivity (Wildman–Crippen MR) is 81.5 cm³/mol. The van der Waals surface area contributed by atoms with E-state index in [0.29, 0.717) is 11.7 Å². The molecule has 0 heterocycles. The summed E-state index contributed by atoms with van der Waals surface area (Å²) in [7, 11) is 0. The third kappa shape index (κ3) is 3.91. The quantitative estimate of drug-likeness (QED) is 0.755. The second-order valence-corrected chi connectivity index (χ2v) is 5.43. The van der Waals surface area contributed by atoms with E-state index in [4.69, 9.17) is 4.74 Å². The number of ketones is 1. The highest BCUT2D eigenvalue weighted by atomic mass is 19.1. The average Bonchev–Trinajstić information content (AvgIpc) is 2.44. The number of halogens is 1. The van der Waals surface area contributed by atoms with Gasteiger partial charge in [-0.25, -0.2) is 4.39 Å². The Morgan fingerprint density at radius 1 is 1.19 bits per heavy atom. The van der Waals surface area contributed by atoms with Crippen LogP contribution in [0.3, 0.4) is 0 Å². The fourth-order valence-corrected chi connectivity index (χ4v) is 2.11. The van der Waals surface area contributed by atoms with Crippen molar-refractivity contribution in [2.24, 2.45) is 0 Å². The lowest BCUT2D eigenvalue weighted by molar-refractivity contribution is 0.0917. The molecule has 0 fully saturated rings. The first-order valence-electron chi connectivity index (χ1n) is 6.99. The number of carbonyl (C=O) groups is 1. The van der Waals surface area contributed by atoms with Crippen LogP contribution in [0.5, 0.6) is 5.75 Å². The molecule has 0 atom stereocenters. The Labute approximate surface area is 124 Å². The van der Waals surface area contributed by atoms with Gasteiger partial charge >= 0.3 is 0 Å². The van der Waals surface area contributed by atoms with Crippen LogP contribution in [-0.2, 0) is 0 Å². The van der Waals surface area contributed by atoms with Crippen molar-refractivity contribution in [3.63, 3.8) is 0 Å². The molecule has 3 heteroatoms. The Morgan fingerprint density at radius 2 is 1.90 bits per heavy atom. The van der Waals surface area contributed by atoms with Gasteiger partial charge in [-0.3, -0.25) is 4.79 Å². The van der Waals surface area contributed by atoms with E-state index in [-0.39, 0.29) is 18.0 Å². The number of hydrogen-bond acceptors (Lipinski definition) is 2. The summed E-state index contributed by atoms with van der Waals surface area (Å²) < 4.78 is 19.1. The number of ether oxygens (including phenoxy) is 1. The normalized spacial score (nSPS) is 10.7. The Balaban J connectivity index is 2.10. The number of Topliss-reactive ketones (excluding diaryl/α,β-unsaturated/α-hetero) is 1. The molecule has 0 N–H and O–H groups in total. The molecule has 2 nitrogen and oxygen atoms in total. The molecule has 0 radical (unpaired) electrons. The van der Waals surface area contributed by atoms with Crippen molar-refractivity contribution in [2.75, 3.05) is 6.61 Å². The lowest BCUT2D eigenvalue weighted by atomic mass is 10.0. The first-order chi connectivity index (χ1) is 9.97. The summed E-state index contributed by atoms with van der Waals surface area (Å²) in [5, 5.41) is 0. The number of hydrogen-bond donors (Lipinski definition) is 0. The van der Waals surface area contributed by atoms with E-state index in [1.165, 1.54) is 12.1 Å². The minimum atomic E-state index is -0.516. The minimum Gasteiger partial charge on any atom is -0.485 e. The summed E-state index contributed by atoms with van der Waals surface area (Å²) in [6.07, 6.45) is 0. The molecule has 0 saturated heterocycles. The van der Waals surface area contributed by atoms with Crippen LogP contribution in [0.2, 0.25) is 0 Å². The van der Waals surface area contributed by atoms with Gasteiger partial charge in [0.1, 0.15) is 11.6 Å². The molecule has 0 aliphatic rings. The highest BCUT2D eigenvalue weighted by Gasteiger charge is 2.12. The van der Waals surface area contributed by atoms with E-state index >= 15 is 0 Å². The van der Waals surface area contributed by atoms with E-state index in [1.54, 1.807) is 12.1 Å². The van der Waals surface area contributed by atoms with E-state index in [9.17, 15) is 9.18 Å². The van der Waals surface area contributed by atoms with Crippen molar-refractivity contribution in [1.29, 1.82) is 0 Å². The molecule has 0 spiro atoms. The Hall–Kier alpha value is -2.16. The topological polar surface area (TPSA) is 26.3 Å². The molecule has 0 amide bonds. The molecule has 0 saturated carbocycles. The van der Waals surface area contributed by atoms with E-state index in [0.717, 1.165) is 11.1 Å². The number of carbonyl (C=O) groups excluding carboxylic acids is 1. The third-order valence-corrected chi connectivity index (χ3v) is 3.28. The Morgan fingerprint density at radius 3 is 2.57 bits per heavy atom. The Kier molecular flexibility index (Phi) is 4.73. The molecule has 2 rings (SSSR count). The van der Waals surface area contributed by atoms with Gasteiger partial charge in [0.25, 0.3) is 0 Å². The molecule has 0 bridgehead atoms. The van der Waals surface area contributed by atoms with Crippen molar-refractivity contribution < 1.29 is 13.9 Å². The summed E-state index contributed by atoms with van der Waals surface area (Å²) >= 11 is 0. The number of aryl methyl sites for hydroxylation is 1. The van der Waals surface area contributed by atoms with Crippen LogP contribution in [-0.4, -0.2) is 12.4 Å². The van der Waals surface area contributed by atoms with E-state index < -0.39 is 5.82 Å². The maximum atomic E-state index is 13.5. The van der Waals surface area contributed by atoms with Crippen LogP contribution in [0.1, 0.15) is 41.3 Å². The molecule has 0 unspecified atom stereocenters. The largest absolute Gasteiger partial charge is 0.485 e. The Bertz CT molecular complexity index is 647. The van der Waals surface area contributed by atoms with Gasteiger partial charge < -0.3 is 4.74 Å². The van der Waals surface area contributed by atoms with Crippen molar-refractivity contribution in [3.8, 4) is 5.75 Å². The zero-order valence-corrected chi connectivity index (χ0v) is 12.5. The van der Waals surface area contributed by atoms with Gasteiger partial charge in [-0.15, -0.1) is 0 Å². The zero-order chi connectivity index (χ0) is 15.4. The van der Waals surface area contributed by atoms with Crippen molar-refractivity contribution in [2.45, 2.75) is 26.7 Å². The zero-order valence-electron chi connectivity index (χ0n) is 12.5. The molecule has 0 aromatic heterocycles. The molecule has 0 aliphatic heterocycles. The van der Waals surface area contributed by atoms with Crippen LogP contribution in [0.25, 0.3) is 0 Å². The summed E-state index contributed by atoms with van der Waals surface area (Å²) in [5.41, 5.74) is 2.30. The molecule has 110 valence electrons. The maximum absolute atomic E-state index is 13.5. The fraction of sp³-hybridized carbons (Fsp3) is 0.278. The average molecular weight is 286 g/mol. The van der Waals surface area contributed by atoms with Crippen LogP contribution in [0, 0.1) is 12.7 Å². The lowest BCUT2D eigenvalue weighted by Crippen LogP contribution is -2.13. The molecule has 2 aromatic rings. The smallest absolute Gasteiger partial charge is 0.203 e. The highest BCUT2D eigenvalue weighted by Crippen LogP contribution is 2.23. The monoisotopic (exact) mass is 286 g/mol. The first-order valence-corrected chi connectivity index (χ1v) is 6.99. The van der Waals surface area contributed by atoms with Gasteiger partial charge in [0, 0.05) is 0 Å². The van der Waals surface area contributed by atoms with Crippen molar-refractivity contribution >= 4 is 5.78 Å². The minimum absolute atomic E-state index is 0.0641. The highest BCUT2D eigenvalue weighted by molar-refractivity contribution is 5.97. The predicted octanol–water partition coefficient (Wildman–Crippen LogP) is 4.52. The van der Waals surface area contributed by atoms with E-state index in [2.05, 4.69) is 19.9 Å². The van der Waals surface area contributed by atoms with Gasteiger partial charge in [-0.05, 0) is 48.2 Å². The first kappa shape index (κ1) is 15.2. The van der Waals surface area contributed by atoms with Crippen molar-refractivity contribution in [1.82, 2.24) is 0 Å². The van der Waals surface area contributed by atoms with Crippen LogP contribution >= 0.6 is 0 Å². The number of rotatable bonds is 5. The van der Waals surface area contributed by atoms with Crippen LogP contribution in [0.4, 0.5) is 4.39 Å². The van der Waals surface area contributed by atoms with Gasteiger partial charge in [0.15, 0.2) is 6.61 Å². The molecule has 21 heavy (non-hydrogen) atoms. The van der Waals surface area contributed by atoms with Gasteiger partial charge in [-0.1, -0.05) is 32.0 Å². The van der Waals surface area contributed by atoms with E-state index in [1.807, 2.05) is 19.1 Å². The second-order valence-electron chi connectivity index (χ2n) is 5.43. The standard InChI is InChI=1S/C18H19FO2/c1-12(2)14-8-13(3)9-15(10-14)21-11-18(20)16-6-4-5-7-17(16)19/h4-10,12H,11H2,1-3H3. The van der Waals surface area contributed by atoms with Gasteiger partial charge in [-0.2, -0.15) is 0 Å². The van der Waals surface area contributed by atoms with Crippen molar-refractivity contribution in [3.05, 3.63) is 65.0 Å². The lowest BCUT2D eigenvalue weighted by Gasteiger charge is -2.11. The summed E-state index contributed by atoms with van der Waals surface area (Å²) in [4.78, 5) is 12.0. The maximum Gasteiger partial charge on any atom is 0.203 e. The third-order valence-electron chi connectivity index (χ3n) is 3.28. The van der Waals surface area contributed by atoms with Gasteiger partial charge in [0.2, 0.25) is 5.78 Å². The van der Waals surface area contributed by atoms with Gasteiger partial charge in [0.05, 0.1) is 5.56 Å². The molecule has 0 aliphatic carbocycles. The van der Waals surface area contributed by atoms with Crippen LogP contribution in [0.15, 0.2) is 42.5 Å². The summed E-state index contributed by atoms with van der Waals surface area (Å²) in [5.74, 6) is 0.150. The SMILES string of the molecule is Cc1cc(OCC(=O)c2ccccc2F)cc(C(C)C)c1. The second kappa shape index (κ2) is 6.53. The number of benzene rings is 2. The van der Waals surface area contributed by atoms with Crippen LogP contribution < -0.4 is 4.74 Å². The summed E-state index contributed by atoms with van der Waals surface area (Å²) in [6.45, 7) is 6.02. The molecular weight excluding hydrogens is 267 g/mol. The molecular formula is C18H19FO2.